The van der Waals surface area contributed by atoms with Gasteiger partial charge in [-0.3, -0.25) is 14.4 Å². The van der Waals surface area contributed by atoms with Crippen LogP contribution in [0.2, 0.25) is 0 Å². The smallest absolute Gasteiger partial charge is 0.303 e. The zero-order valence-corrected chi connectivity index (χ0v) is 14.4. The summed E-state index contributed by atoms with van der Waals surface area (Å²) < 4.78 is 0. The van der Waals surface area contributed by atoms with Crippen molar-refractivity contribution in [3.63, 3.8) is 0 Å². The minimum atomic E-state index is -1.14. The summed E-state index contributed by atoms with van der Waals surface area (Å²) in [5.41, 5.74) is -0.381. The van der Waals surface area contributed by atoms with Crippen molar-refractivity contribution in [3.8, 4) is 0 Å². The van der Waals surface area contributed by atoms with E-state index in [0.29, 0.717) is 19.3 Å². The van der Waals surface area contributed by atoms with Crippen molar-refractivity contribution in [2.75, 3.05) is 0 Å². The van der Waals surface area contributed by atoms with Crippen LogP contribution in [0, 0.1) is 23.2 Å². The van der Waals surface area contributed by atoms with Crippen LogP contribution in [0.15, 0.2) is 11.6 Å². The van der Waals surface area contributed by atoms with Gasteiger partial charge in [0.1, 0.15) is 5.78 Å². The maximum Gasteiger partial charge on any atom is 0.303 e. The summed E-state index contributed by atoms with van der Waals surface area (Å²) in [6.07, 6.45) is 4.86. The fourth-order valence-electron chi connectivity index (χ4n) is 5.54. The van der Waals surface area contributed by atoms with Gasteiger partial charge in [0.25, 0.3) is 0 Å². The minimum absolute atomic E-state index is 0.00375. The highest BCUT2D eigenvalue weighted by atomic mass is 16.4. The Balaban J connectivity index is 1.96. The van der Waals surface area contributed by atoms with E-state index >= 15 is 0 Å². The lowest BCUT2D eigenvalue weighted by atomic mass is 9.48. The van der Waals surface area contributed by atoms with Crippen molar-refractivity contribution in [1.82, 2.24) is 0 Å². The number of carbonyl (C=O) groups is 3. The molecule has 0 aliphatic heterocycles. The fraction of sp³-hybridized carbons (Fsp3) is 0.737. The third kappa shape index (κ3) is 2.73. The molecule has 3 rings (SSSR count). The Morgan fingerprint density at radius 1 is 1.29 bits per heavy atom. The van der Waals surface area contributed by atoms with Crippen LogP contribution in [-0.2, 0) is 14.4 Å². The van der Waals surface area contributed by atoms with Crippen LogP contribution >= 0.6 is 0 Å². The van der Waals surface area contributed by atoms with Crippen molar-refractivity contribution in [1.29, 1.82) is 0 Å². The fourth-order valence-corrected chi connectivity index (χ4v) is 5.54. The number of rotatable bonds is 3. The molecule has 5 heteroatoms. The molecule has 0 aromatic heterocycles. The molecule has 5 unspecified atom stereocenters. The van der Waals surface area contributed by atoms with Crippen molar-refractivity contribution in [3.05, 3.63) is 11.6 Å². The molecule has 3 aliphatic rings. The third-order valence-electron chi connectivity index (χ3n) is 6.68. The molecule has 5 atom stereocenters. The molecule has 132 valence electrons. The first-order valence-electron chi connectivity index (χ1n) is 8.86. The van der Waals surface area contributed by atoms with Crippen molar-refractivity contribution >= 4 is 17.5 Å². The number of hydrogen-bond acceptors (Lipinski definition) is 4. The van der Waals surface area contributed by atoms with Gasteiger partial charge >= 0.3 is 5.97 Å². The molecule has 2 saturated carbocycles. The van der Waals surface area contributed by atoms with E-state index < -0.39 is 11.6 Å². The molecule has 3 aliphatic carbocycles. The lowest BCUT2D eigenvalue weighted by molar-refractivity contribution is -0.158. The van der Waals surface area contributed by atoms with E-state index in [2.05, 4.69) is 6.92 Å². The molecule has 2 fully saturated rings. The highest BCUT2D eigenvalue weighted by molar-refractivity contribution is 5.93. The van der Waals surface area contributed by atoms with Crippen LogP contribution in [0.1, 0.15) is 58.8 Å². The molecule has 0 heterocycles. The average molecular weight is 334 g/mol. The van der Waals surface area contributed by atoms with Gasteiger partial charge < -0.3 is 10.2 Å². The van der Waals surface area contributed by atoms with Gasteiger partial charge in [0.05, 0.1) is 5.60 Å². The minimum Gasteiger partial charge on any atom is -0.481 e. The number of ketones is 2. The third-order valence-corrected chi connectivity index (χ3v) is 6.68. The van der Waals surface area contributed by atoms with Gasteiger partial charge in [0.2, 0.25) is 0 Å². The van der Waals surface area contributed by atoms with E-state index in [1.54, 1.807) is 13.0 Å². The maximum atomic E-state index is 12.9. The van der Waals surface area contributed by atoms with Crippen molar-refractivity contribution < 1.29 is 24.6 Å². The number of carboxylic acid groups (broad SMARTS) is 1. The molecule has 5 nitrogen and oxygen atoms in total. The zero-order valence-electron chi connectivity index (χ0n) is 14.4. The number of aliphatic hydroxyl groups is 1. The molecule has 0 aromatic rings. The summed E-state index contributed by atoms with van der Waals surface area (Å²) in [6.45, 7) is 3.75. The number of aliphatic carboxylic acids is 1. The normalized spacial score (nSPS) is 42.1. The monoisotopic (exact) mass is 334 g/mol. The highest BCUT2D eigenvalue weighted by Gasteiger charge is 2.58. The van der Waals surface area contributed by atoms with E-state index in [1.165, 1.54) is 0 Å². The predicted molar refractivity (Wildman–Crippen MR) is 87.3 cm³/mol. The van der Waals surface area contributed by atoms with Crippen LogP contribution in [0.25, 0.3) is 0 Å². The standard InChI is InChI=1S/C19H26O5/c1-18-8-7-12(20)9-11(18)3-4-13-14(5-6-16(22)23)19(2,24)10-15(21)17(13)18/h9,13-14,17,24H,3-8,10H2,1-2H3,(H,22,23). The number of hydrogen-bond donors (Lipinski definition) is 2. The van der Waals surface area contributed by atoms with Crippen LogP contribution < -0.4 is 0 Å². The van der Waals surface area contributed by atoms with E-state index in [4.69, 9.17) is 5.11 Å². The Labute approximate surface area is 142 Å². The van der Waals surface area contributed by atoms with Gasteiger partial charge in [-0.15, -0.1) is 0 Å². The summed E-state index contributed by atoms with van der Waals surface area (Å²) in [7, 11) is 0. The summed E-state index contributed by atoms with van der Waals surface area (Å²) in [6, 6.07) is 0. The number of allylic oxidation sites excluding steroid dienone is 2. The van der Waals surface area contributed by atoms with E-state index in [-0.39, 0.29) is 47.6 Å². The molecule has 0 saturated heterocycles. The van der Waals surface area contributed by atoms with Crippen molar-refractivity contribution in [2.24, 2.45) is 23.2 Å². The van der Waals surface area contributed by atoms with E-state index in [1.807, 2.05) is 0 Å². The molecule has 0 spiro atoms. The Morgan fingerprint density at radius 2 is 2.00 bits per heavy atom. The second-order valence-corrected chi connectivity index (χ2v) is 8.27. The Morgan fingerprint density at radius 3 is 2.67 bits per heavy atom. The van der Waals surface area contributed by atoms with Gasteiger partial charge in [0.15, 0.2) is 5.78 Å². The number of fused-ring (bicyclic) bond motifs is 3. The second-order valence-electron chi connectivity index (χ2n) is 8.27. The SMILES string of the molecule is CC1(O)CC(=O)C2C(CCC3=CC(=O)CCC32C)C1CCC(=O)O. The molecular formula is C19H26O5. The largest absolute Gasteiger partial charge is 0.481 e. The Kier molecular flexibility index (Phi) is 4.19. The van der Waals surface area contributed by atoms with Gasteiger partial charge in [-0.05, 0) is 55.9 Å². The van der Waals surface area contributed by atoms with Gasteiger partial charge in [0, 0.05) is 25.2 Å². The first-order chi connectivity index (χ1) is 11.1. The molecule has 2 N–H and O–H groups in total. The lowest BCUT2D eigenvalue weighted by Crippen LogP contribution is -2.57. The number of carboxylic acids is 1. The van der Waals surface area contributed by atoms with Crippen molar-refractivity contribution in [2.45, 2.75) is 64.4 Å². The predicted octanol–water partition coefficient (Wildman–Crippen LogP) is 2.51. The van der Waals surface area contributed by atoms with E-state index in [9.17, 15) is 19.5 Å². The molecule has 0 radical (unpaired) electrons. The lowest BCUT2D eigenvalue weighted by Gasteiger charge is -2.56. The quantitative estimate of drug-likeness (QED) is 0.827. The molecule has 0 aromatic carbocycles. The second kappa shape index (κ2) is 5.80. The topological polar surface area (TPSA) is 91.7 Å². The Hall–Kier alpha value is -1.49. The summed E-state index contributed by atoms with van der Waals surface area (Å²) >= 11 is 0. The van der Waals surface area contributed by atoms with E-state index in [0.717, 1.165) is 18.4 Å². The number of Topliss-reactive ketones (excluding diaryl/α,β-unsaturated/α-hetero) is 1. The van der Waals surface area contributed by atoms with Crippen LogP contribution in [0.4, 0.5) is 0 Å². The first-order valence-corrected chi connectivity index (χ1v) is 8.86. The van der Waals surface area contributed by atoms with Gasteiger partial charge in [-0.1, -0.05) is 12.5 Å². The molecular weight excluding hydrogens is 308 g/mol. The number of carbonyl (C=O) groups excluding carboxylic acids is 2. The average Bonchev–Trinajstić information content (AvgIpc) is 2.45. The highest BCUT2D eigenvalue weighted by Crippen LogP contribution is 2.59. The molecule has 24 heavy (non-hydrogen) atoms. The summed E-state index contributed by atoms with van der Waals surface area (Å²) in [5.74, 6) is -1.06. The zero-order chi connectivity index (χ0) is 17.7. The Bertz CT molecular complexity index is 617. The molecule has 0 bridgehead atoms. The van der Waals surface area contributed by atoms with Crippen LogP contribution in [0.3, 0.4) is 0 Å². The first kappa shape index (κ1) is 17.3. The summed E-state index contributed by atoms with van der Waals surface area (Å²) in [5, 5.41) is 19.8. The van der Waals surface area contributed by atoms with Gasteiger partial charge in [-0.25, -0.2) is 0 Å². The van der Waals surface area contributed by atoms with Crippen LogP contribution in [0.5, 0.6) is 0 Å². The maximum absolute atomic E-state index is 12.9. The molecule has 0 amide bonds. The van der Waals surface area contributed by atoms with Crippen LogP contribution in [-0.4, -0.2) is 33.3 Å². The van der Waals surface area contributed by atoms with Gasteiger partial charge in [-0.2, -0.15) is 0 Å². The summed E-state index contributed by atoms with van der Waals surface area (Å²) in [4.78, 5) is 35.7.